The molecule has 5 heteroatoms. The molecule has 2 atom stereocenters. The molecule has 116 valence electrons. The second kappa shape index (κ2) is 7.14. The molecule has 21 heavy (non-hydrogen) atoms. The van der Waals surface area contributed by atoms with Gasteiger partial charge in [-0.2, -0.15) is 0 Å². The Balaban J connectivity index is 2.08. The average Bonchev–Trinajstić information content (AvgIpc) is 2.45. The van der Waals surface area contributed by atoms with Gasteiger partial charge < -0.3 is 15.5 Å². The Hall–Kier alpha value is -1.26. The predicted octanol–water partition coefficient (Wildman–Crippen LogP) is 2.98. The van der Waals surface area contributed by atoms with Gasteiger partial charge in [0.15, 0.2) is 0 Å². The lowest BCUT2D eigenvalue weighted by Crippen LogP contribution is -2.47. The summed E-state index contributed by atoms with van der Waals surface area (Å²) in [6.07, 6.45) is 1.98. The molecular formula is C16H24ClN3O. The molecule has 0 spiro atoms. The largest absolute Gasteiger partial charge is 0.385 e. The van der Waals surface area contributed by atoms with E-state index in [1.807, 2.05) is 13.0 Å². The van der Waals surface area contributed by atoms with Crippen LogP contribution in [-0.2, 0) is 0 Å². The highest BCUT2D eigenvalue weighted by atomic mass is 35.5. The number of rotatable bonds is 4. The summed E-state index contributed by atoms with van der Waals surface area (Å²) in [4.78, 5) is 14.9. The highest BCUT2D eigenvalue weighted by Gasteiger charge is 2.25. The summed E-state index contributed by atoms with van der Waals surface area (Å²) in [5, 5.41) is 6.94. The molecule has 0 radical (unpaired) electrons. The zero-order chi connectivity index (χ0) is 15.4. The van der Waals surface area contributed by atoms with E-state index in [4.69, 9.17) is 11.6 Å². The second-order valence-corrected chi connectivity index (χ2v) is 6.18. The fraction of sp³-hybridized carbons (Fsp3) is 0.562. The third-order valence-electron chi connectivity index (χ3n) is 4.14. The Bertz CT molecular complexity index is 506. The van der Waals surface area contributed by atoms with Gasteiger partial charge in [-0.15, -0.1) is 0 Å². The average molecular weight is 310 g/mol. The molecule has 1 heterocycles. The van der Waals surface area contributed by atoms with Crippen molar-refractivity contribution in [1.29, 1.82) is 0 Å². The standard InChI is InChI=1S/C16H24ClN3O/c1-4-18-15-6-5-12(17)10-14(15)16(21)19-13-7-8-20(3)11(2)9-13/h5-6,10-11,13,18H,4,7-9H2,1-3H3,(H,19,21). The van der Waals surface area contributed by atoms with Crippen molar-refractivity contribution < 1.29 is 4.79 Å². The maximum atomic E-state index is 12.5. The molecule has 1 aliphatic heterocycles. The first-order valence-electron chi connectivity index (χ1n) is 7.55. The van der Waals surface area contributed by atoms with E-state index in [0.717, 1.165) is 31.6 Å². The van der Waals surface area contributed by atoms with Crippen LogP contribution in [0.4, 0.5) is 5.69 Å². The van der Waals surface area contributed by atoms with Crippen LogP contribution in [0.5, 0.6) is 0 Å². The summed E-state index contributed by atoms with van der Waals surface area (Å²) >= 11 is 6.03. The van der Waals surface area contributed by atoms with Crippen LogP contribution >= 0.6 is 11.6 Å². The molecule has 1 aliphatic rings. The zero-order valence-electron chi connectivity index (χ0n) is 12.9. The SMILES string of the molecule is CCNc1ccc(Cl)cc1C(=O)NC1CCN(C)C(C)C1. The van der Waals surface area contributed by atoms with Crippen molar-refractivity contribution in [3.8, 4) is 0 Å². The molecule has 0 saturated carbocycles. The molecule has 1 fully saturated rings. The molecule has 1 amide bonds. The summed E-state index contributed by atoms with van der Waals surface area (Å²) in [7, 11) is 2.13. The number of benzene rings is 1. The Kier molecular flexibility index (Phi) is 5.48. The zero-order valence-corrected chi connectivity index (χ0v) is 13.7. The van der Waals surface area contributed by atoms with Gasteiger partial charge in [-0.1, -0.05) is 11.6 Å². The number of amides is 1. The minimum Gasteiger partial charge on any atom is -0.385 e. The van der Waals surface area contributed by atoms with Crippen molar-refractivity contribution in [2.24, 2.45) is 0 Å². The van der Waals surface area contributed by atoms with Crippen molar-refractivity contribution >= 4 is 23.2 Å². The molecule has 0 aliphatic carbocycles. The van der Waals surface area contributed by atoms with E-state index in [9.17, 15) is 4.79 Å². The molecule has 1 aromatic rings. The number of likely N-dealkylation sites (tertiary alicyclic amines) is 1. The molecule has 1 aromatic carbocycles. The molecule has 2 N–H and O–H groups in total. The van der Waals surface area contributed by atoms with Gasteiger partial charge in [0.2, 0.25) is 0 Å². The molecule has 2 unspecified atom stereocenters. The number of carbonyl (C=O) groups excluding carboxylic acids is 1. The van der Waals surface area contributed by atoms with Crippen molar-refractivity contribution in [1.82, 2.24) is 10.2 Å². The van der Waals surface area contributed by atoms with Crippen molar-refractivity contribution in [2.75, 3.05) is 25.5 Å². The molecule has 4 nitrogen and oxygen atoms in total. The van der Waals surface area contributed by atoms with Gasteiger partial charge in [0.25, 0.3) is 5.91 Å². The van der Waals surface area contributed by atoms with Gasteiger partial charge in [-0.25, -0.2) is 0 Å². The minimum absolute atomic E-state index is 0.0461. The second-order valence-electron chi connectivity index (χ2n) is 5.74. The summed E-state index contributed by atoms with van der Waals surface area (Å²) in [6.45, 7) is 5.99. The van der Waals surface area contributed by atoms with E-state index in [1.165, 1.54) is 0 Å². The normalized spacial score (nSPS) is 22.9. The fourth-order valence-electron chi connectivity index (χ4n) is 2.73. The maximum absolute atomic E-state index is 12.5. The van der Waals surface area contributed by atoms with E-state index in [1.54, 1.807) is 12.1 Å². The van der Waals surface area contributed by atoms with E-state index >= 15 is 0 Å². The van der Waals surface area contributed by atoms with Gasteiger partial charge in [-0.05, 0) is 51.9 Å². The van der Waals surface area contributed by atoms with Crippen LogP contribution in [0.25, 0.3) is 0 Å². The van der Waals surface area contributed by atoms with Gasteiger partial charge in [0, 0.05) is 35.9 Å². The van der Waals surface area contributed by atoms with Gasteiger partial charge in [0.05, 0.1) is 5.56 Å². The Morgan fingerprint density at radius 3 is 2.90 bits per heavy atom. The third-order valence-corrected chi connectivity index (χ3v) is 4.37. The van der Waals surface area contributed by atoms with E-state index in [2.05, 4.69) is 29.5 Å². The van der Waals surface area contributed by atoms with Gasteiger partial charge in [-0.3, -0.25) is 4.79 Å². The predicted molar refractivity (Wildman–Crippen MR) is 88.2 cm³/mol. The fourth-order valence-corrected chi connectivity index (χ4v) is 2.90. The van der Waals surface area contributed by atoms with Crippen LogP contribution < -0.4 is 10.6 Å². The monoisotopic (exact) mass is 309 g/mol. The summed E-state index contributed by atoms with van der Waals surface area (Å²) in [5.74, 6) is -0.0461. The summed E-state index contributed by atoms with van der Waals surface area (Å²) in [5.41, 5.74) is 1.45. The van der Waals surface area contributed by atoms with E-state index in [0.29, 0.717) is 16.6 Å². The Labute approximate surface area is 131 Å². The third kappa shape index (κ3) is 4.11. The van der Waals surface area contributed by atoms with Crippen LogP contribution in [0.3, 0.4) is 0 Å². The first-order chi connectivity index (χ1) is 10.0. The highest BCUT2D eigenvalue weighted by Crippen LogP contribution is 2.22. The Morgan fingerprint density at radius 2 is 2.24 bits per heavy atom. The molecule has 2 rings (SSSR count). The quantitative estimate of drug-likeness (QED) is 0.898. The Morgan fingerprint density at radius 1 is 1.48 bits per heavy atom. The number of piperidine rings is 1. The number of nitrogens with one attached hydrogen (secondary N) is 2. The van der Waals surface area contributed by atoms with Crippen LogP contribution in [0.2, 0.25) is 5.02 Å². The highest BCUT2D eigenvalue weighted by molar-refractivity contribution is 6.31. The number of hydrogen-bond acceptors (Lipinski definition) is 3. The molecule has 0 bridgehead atoms. The smallest absolute Gasteiger partial charge is 0.253 e. The number of nitrogens with zero attached hydrogens (tertiary/aromatic N) is 1. The van der Waals surface area contributed by atoms with Gasteiger partial charge in [0.1, 0.15) is 0 Å². The number of halogens is 1. The number of hydrogen-bond donors (Lipinski definition) is 2. The van der Waals surface area contributed by atoms with Crippen molar-refractivity contribution in [3.63, 3.8) is 0 Å². The van der Waals surface area contributed by atoms with Crippen LogP contribution in [0.15, 0.2) is 18.2 Å². The molecular weight excluding hydrogens is 286 g/mol. The lowest BCUT2D eigenvalue weighted by molar-refractivity contribution is 0.0897. The lowest BCUT2D eigenvalue weighted by Gasteiger charge is -2.35. The van der Waals surface area contributed by atoms with Crippen molar-refractivity contribution in [2.45, 2.75) is 38.8 Å². The van der Waals surface area contributed by atoms with Crippen LogP contribution in [-0.4, -0.2) is 43.0 Å². The number of anilines is 1. The molecule has 0 aromatic heterocycles. The molecule has 1 saturated heterocycles. The maximum Gasteiger partial charge on any atom is 0.253 e. The van der Waals surface area contributed by atoms with Crippen LogP contribution in [0, 0.1) is 0 Å². The summed E-state index contributed by atoms with van der Waals surface area (Å²) < 4.78 is 0. The summed E-state index contributed by atoms with van der Waals surface area (Å²) in [6, 6.07) is 6.12. The van der Waals surface area contributed by atoms with E-state index in [-0.39, 0.29) is 11.9 Å². The first-order valence-corrected chi connectivity index (χ1v) is 7.93. The van der Waals surface area contributed by atoms with Crippen LogP contribution in [0.1, 0.15) is 37.0 Å². The first kappa shape index (κ1) is 16.1. The van der Waals surface area contributed by atoms with Gasteiger partial charge >= 0.3 is 0 Å². The minimum atomic E-state index is -0.0461. The van der Waals surface area contributed by atoms with E-state index < -0.39 is 0 Å². The topological polar surface area (TPSA) is 44.4 Å². The number of carbonyl (C=O) groups is 1. The van der Waals surface area contributed by atoms with Crippen molar-refractivity contribution in [3.05, 3.63) is 28.8 Å². The lowest BCUT2D eigenvalue weighted by atomic mass is 9.98.